The summed E-state index contributed by atoms with van der Waals surface area (Å²) in [5.41, 5.74) is 6.13. The largest absolute Gasteiger partial charge is 0.339 e. The molecule has 1 saturated heterocycles. The quantitative estimate of drug-likeness (QED) is 0.885. The van der Waals surface area contributed by atoms with E-state index in [1.165, 1.54) is 18.2 Å². The molecule has 7 heteroatoms. The Kier molecular flexibility index (Phi) is 6.79. The molecule has 1 aliphatic heterocycles. The van der Waals surface area contributed by atoms with E-state index in [2.05, 4.69) is 0 Å². The second kappa shape index (κ2) is 8.63. The lowest BCUT2D eigenvalue weighted by Gasteiger charge is -2.36. The summed E-state index contributed by atoms with van der Waals surface area (Å²) in [6, 6.07) is 5.73. The minimum atomic E-state index is -0.413. The van der Waals surface area contributed by atoms with Crippen molar-refractivity contribution in [3.8, 4) is 0 Å². The summed E-state index contributed by atoms with van der Waals surface area (Å²) in [7, 11) is 0. The number of carbonyl (C=O) groups excluding carboxylic acids is 2. The van der Waals surface area contributed by atoms with E-state index < -0.39 is 5.82 Å². The zero-order chi connectivity index (χ0) is 17.1. The Morgan fingerprint density at radius 3 is 2.44 bits per heavy atom. The summed E-state index contributed by atoms with van der Waals surface area (Å²) in [5.74, 6) is -0.0724. The first-order valence-electron chi connectivity index (χ1n) is 8.64. The van der Waals surface area contributed by atoms with Gasteiger partial charge in [0.2, 0.25) is 5.91 Å². The summed E-state index contributed by atoms with van der Waals surface area (Å²) < 4.78 is 13.3. The van der Waals surface area contributed by atoms with Gasteiger partial charge in [-0.1, -0.05) is 12.5 Å². The smallest absolute Gasteiger partial charge is 0.254 e. The Labute approximate surface area is 153 Å². The molecule has 0 spiro atoms. The van der Waals surface area contributed by atoms with E-state index in [4.69, 9.17) is 5.73 Å². The fourth-order valence-electron chi connectivity index (χ4n) is 3.81. The van der Waals surface area contributed by atoms with Gasteiger partial charge in [-0.3, -0.25) is 9.59 Å². The second-order valence-electron chi connectivity index (χ2n) is 6.66. The number of hydrogen-bond donors (Lipinski definition) is 1. The minimum Gasteiger partial charge on any atom is -0.339 e. The van der Waals surface area contributed by atoms with Gasteiger partial charge in [-0.05, 0) is 43.5 Å². The average Bonchev–Trinajstić information content (AvgIpc) is 3.09. The summed E-state index contributed by atoms with van der Waals surface area (Å²) >= 11 is 0. The molecular formula is C18H25ClFN3O2. The Bertz CT molecular complexity index is 620. The highest BCUT2D eigenvalue weighted by molar-refractivity contribution is 5.94. The zero-order valence-electron chi connectivity index (χ0n) is 14.2. The Balaban J connectivity index is 0.00000225. The van der Waals surface area contributed by atoms with Crippen LogP contribution in [0.15, 0.2) is 24.3 Å². The van der Waals surface area contributed by atoms with Crippen LogP contribution >= 0.6 is 12.4 Å². The van der Waals surface area contributed by atoms with Gasteiger partial charge in [0.05, 0.1) is 0 Å². The highest BCUT2D eigenvalue weighted by Gasteiger charge is 2.36. The summed E-state index contributed by atoms with van der Waals surface area (Å²) in [4.78, 5) is 28.6. The predicted molar refractivity (Wildman–Crippen MR) is 96.0 cm³/mol. The van der Waals surface area contributed by atoms with Gasteiger partial charge in [0.25, 0.3) is 5.91 Å². The molecule has 138 valence electrons. The number of hydrogen-bond acceptors (Lipinski definition) is 3. The topological polar surface area (TPSA) is 66.6 Å². The molecule has 2 atom stereocenters. The van der Waals surface area contributed by atoms with Gasteiger partial charge in [-0.2, -0.15) is 0 Å². The minimum absolute atomic E-state index is 0. The van der Waals surface area contributed by atoms with E-state index in [1.807, 2.05) is 4.90 Å². The Morgan fingerprint density at radius 2 is 1.80 bits per heavy atom. The van der Waals surface area contributed by atoms with Gasteiger partial charge in [0, 0.05) is 37.7 Å². The second-order valence-corrected chi connectivity index (χ2v) is 6.66. The summed E-state index contributed by atoms with van der Waals surface area (Å²) in [6.07, 6.45) is 3.02. The number of nitrogens with zero attached hydrogens (tertiary/aromatic N) is 2. The summed E-state index contributed by atoms with van der Waals surface area (Å²) in [5, 5.41) is 0. The van der Waals surface area contributed by atoms with Crippen molar-refractivity contribution in [1.82, 2.24) is 9.80 Å². The third-order valence-corrected chi connectivity index (χ3v) is 5.23. The van der Waals surface area contributed by atoms with Gasteiger partial charge < -0.3 is 15.5 Å². The van der Waals surface area contributed by atoms with Gasteiger partial charge in [-0.15, -0.1) is 12.4 Å². The lowest BCUT2D eigenvalue weighted by molar-refractivity contribution is -0.138. The number of amides is 2. The Morgan fingerprint density at radius 1 is 1.12 bits per heavy atom. The van der Waals surface area contributed by atoms with Crippen LogP contribution in [0.25, 0.3) is 0 Å². The van der Waals surface area contributed by atoms with Gasteiger partial charge in [0.15, 0.2) is 0 Å². The van der Waals surface area contributed by atoms with E-state index in [0.717, 1.165) is 19.3 Å². The van der Waals surface area contributed by atoms with Crippen molar-refractivity contribution in [2.24, 2.45) is 17.6 Å². The average molecular weight is 370 g/mol. The number of rotatable bonds is 3. The fourth-order valence-corrected chi connectivity index (χ4v) is 3.81. The van der Waals surface area contributed by atoms with Gasteiger partial charge >= 0.3 is 0 Å². The van der Waals surface area contributed by atoms with E-state index in [1.54, 1.807) is 11.0 Å². The van der Waals surface area contributed by atoms with Crippen LogP contribution in [-0.4, -0.2) is 54.3 Å². The monoisotopic (exact) mass is 369 g/mol. The number of piperazine rings is 1. The SMILES string of the molecule is Cl.NC[C@H]1CCC[C@H]1C(=O)N1CCN(C(=O)c2cccc(F)c2)CC1. The van der Waals surface area contributed by atoms with E-state index >= 15 is 0 Å². The van der Waals surface area contributed by atoms with E-state index in [0.29, 0.717) is 44.2 Å². The number of carbonyl (C=O) groups is 2. The van der Waals surface area contributed by atoms with Gasteiger partial charge in [0.1, 0.15) is 5.82 Å². The van der Waals surface area contributed by atoms with Crippen LogP contribution < -0.4 is 5.73 Å². The molecule has 0 radical (unpaired) electrons. The molecule has 1 saturated carbocycles. The molecule has 25 heavy (non-hydrogen) atoms. The molecule has 3 rings (SSSR count). The standard InChI is InChI=1S/C18H24FN3O2.ClH/c19-15-5-1-3-13(11-15)17(23)21-7-9-22(10-8-21)18(24)16-6-2-4-14(16)12-20;/h1,3,5,11,14,16H,2,4,6-10,12,20H2;1H/t14-,16-;/m1./s1. The normalized spacial score (nSPS) is 23.3. The molecule has 0 aromatic heterocycles. The first kappa shape index (κ1) is 19.7. The molecule has 0 unspecified atom stereocenters. The molecule has 2 amide bonds. The maximum absolute atomic E-state index is 13.3. The van der Waals surface area contributed by atoms with Crippen molar-refractivity contribution in [2.45, 2.75) is 19.3 Å². The van der Waals surface area contributed by atoms with Crippen molar-refractivity contribution in [2.75, 3.05) is 32.7 Å². The number of halogens is 2. The fraction of sp³-hybridized carbons (Fsp3) is 0.556. The van der Waals surface area contributed by atoms with Crippen molar-refractivity contribution in [3.63, 3.8) is 0 Å². The van der Waals surface area contributed by atoms with Crippen LogP contribution in [0.3, 0.4) is 0 Å². The van der Waals surface area contributed by atoms with Crippen LogP contribution in [0.1, 0.15) is 29.6 Å². The third-order valence-electron chi connectivity index (χ3n) is 5.23. The third kappa shape index (κ3) is 4.30. The molecule has 1 aromatic carbocycles. The van der Waals surface area contributed by atoms with E-state index in [-0.39, 0.29) is 30.1 Å². The number of benzene rings is 1. The molecule has 1 aliphatic carbocycles. The molecule has 2 fully saturated rings. The number of nitrogens with two attached hydrogens (primary N) is 1. The van der Waals surface area contributed by atoms with Crippen LogP contribution in [0, 0.1) is 17.7 Å². The van der Waals surface area contributed by atoms with Gasteiger partial charge in [-0.25, -0.2) is 4.39 Å². The van der Waals surface area contributed by atoms with Crippen LogP contribution in [0.2, 0.25) is 0 Å². The van der Waals surface area contributed by atoms with Crippen molar-refractivity contribution in [3.05, 3.63) is 35.6 Å². The molecule has 5 nitrogen and oxygen atoms in total. The zero-order valence-corrected chi connectivity index (χ0v) is 15.0. The molecule has 0 bridgehead atoms. The van der Waals surface area contributed by atoms with Crippen LogP contribution in [-0.2, 0) is 4.79 Å². The van der Waals surface area contributed by atoms with Crippen LogP contribution in [0.5, 0.6) is 0 Å². The molecule has 1 heterocycles. The maximum atomic E-state index is 13.3. The van der Waals surface area contributed by atoms with E-state index in [9.17, 15) is 14.0 Å². The highest BCUT2D eigenvalue weighted by Crippen LogP contribution is 2.32. The lowest BCUT2D eigenvalue weighted by Crippen LogP contribution is -2.52. The molecule has 2 aliphatic rings. The van der Waals surface area contributed by atoms with Crippen molar-refractivity contribution < 1.29 is 14.0 Å². The molecule has 1 aromatic rings. The maximum Gasteiger partial charge on any atom is 0.254 e. The molecular weight excluding hydrogens is 345 g/mol. The van der Waals surface area contributed by atoms with Crippen LogP contribution in [0.4, 0.5) is 4.39 Å². The van der Waals surface area contributed by atoms with Crippen molar-refractivity contribution >= 4 is 24.2 Å². The first-order valence-corrected chi connectivity index (χ1v) is 8.64. The highest BCUT2D eigenvalue weighted by atomic mass is 35.5. The summed E-state index contributed by atoms with van der Waals surface area (Å²) in [6.45, 7) is 2.61. The lowest BCUT2D eigenvalue weighted by atomic mass is 9.94. The Hall–Kier alpha value is -1.66. The predicted octanol–water partition coefficient (Wildman–Crippen LogP) is 1.91. The first-order chi connectivity index (χ1) is 11.6. The van der Waals surface area contributed by atoms with Crippen molar-refractivity contribution in [1.29, 1.82) is 0 Å². The molecule has 2 N–H and O–H groups in total.